The number of anilines is 1. The fourth-order valence-electron chi connectivity index (χ4n) is 3.31. The summed E-state index contributed by atoms with van der Waals surface area (Å²) in [6, 6.07) is 11.3. The van der Waals surface area contributed by atoms with Crippen molar-refractivity contribution < 1.29 is 18.0 Å². The second kappa shape index (κ2) is 11.4. The number of carbonyl (C=O) groups excluding carboxylic acids is 2. The lowest BCUT2D eigenvalue weighted by molar-refractivity contribution is -0.139. The van der Waals surface area contributed by atoms with Crippen LogP contribution in [0.4, 0.5) is 5.69 Å². The van der Waals surface area contributed by atoms with Gasteiger partial charge < -0.3 is 10.2 Å². The maximum Gasteiger partial charge on any atom is 0.244 e. The van der Waals surface area contributed by atoms with Gasteiger partial charge in [0.25, 0.3) is 0 Å². The van der Waals surface area contributed by atoms with Crippen LogP contribution in [-0.4, -0.2) is 50.0 Å². The lowest BCUT2D eigenvalue weighted by atomic mass is 10.1. The maximum absolute atomic E-state index is 13.5. The molecule has 0 saturated carbocycles. The van der Waals surface area contributed by atoms with E-state index in [1.165, 1.54) is 4.90 Å². The molecule has 0 aliphatic heterocycles. The van der Waals surface area contributed by atoms with Gasteiger partial charge in [-0.3, -0.25) is 13.9 Å². The van der Waals surface area contributed by atoms with Crippen LogP contribution in [0.1, 0.15) is 31.9 Å². The van der Waals surface area contributed by atoms with Crippen LogP contribution in [0.25, 0.3) is 0 Å². The Morgan fingerprint density at radius 1 is 1.12 bits per heavy atom. The Balaban J connectivity index is 2.42. The fraction of sp³-hybridized carbons (Fsp3) is 0.391. The molecule has 10 heteroatoms. The first kappa shape index (κ1) is 27.1. The quantitative estimate of drug-likeness (QED) is 0.502. The molecule has 0 fully saturated rings. The van der Waals surface area contributed by atoms with Crippen molar-refractivity contribution in [2.75, 3.05) is 17.1 Å². The summed E-state index contributed by atoms with van der Waals surface area (Å²) < 4.78 is 27.1. The number of hydrogen-bond donors (Lipinski definition) is 1. The first-order valence-electron chi connectivity index (χ1n) is 10.4. The Morgan fingerprint density at radius 2 is 1.79 bits per heavy atom. The second-order valence-electron chi connectivity index (χ2n) is 8.19. The molecule has 2 amide bonds. The molecule has 0 saturated heterocycles. The average molecular weight is 559 g/mol. The number of rotatable bonds is 9. The minimum absolute atomic E-state index is 0.105. The van der Waals surface area contributed by atoms with Crippen molar-refractivity contribution >= 4 is 55.1 Å². The van der Waals surface area contributed by atoms with Gasteiger partial charge in [0.2, 0.25) is 21.8 Å². The molecular weight excluding hydrogens is 530 g/mol. The van der Waals surface area contributed by atoms with Gasteiger partial charge in [-0.2, -0.15) is 0 Å². The van der Waals surface area contributed by atoms with Crippen LogP contribution in [0, 0.1) is 6.92 Å². The Bertz CT molecular complexity index is 1120. The smallest absolute Gasteiger partial charge is 0.244 e. The highest BCUT2D eigenvalue weighted by Gasteiger charge is 2.30. The van der Waals surface area contributed by atoms with Crippen molar-refractivity contribution in [3.63, 3.8) is 0 Å². The van der Waals surface area contributed by atoms with Gasteiger partial charge in [0.05, 0.1) is 11.9 Å². The van der Waals surface area contributed by atoms with Gasteiger partial charge in [-0.05, 0) is 69.2 Å². The molecule has 0 aliphatic carbocycles. The molecule has 2 rings (SSSR count). The van der Waals surface area contributed by atoms with E-state index in [9.17, 15) is 18.0 Å². The van der Waals surface area contributed by atoms with Crippen molar-refractivity contribution in [2.24, 2.45) is 0 Å². The predicted octanol–water partition coefficient (Wildman–Crippen LogP) is 4.12. The molecule has 33 heavy (non-hydrogen) atoms. The average Bonchev–Trinajstić information content (AvgIpc) is 2.69. The third-order valence-electron chi connectivity index (χ3n) is 4.95. The highest BCUT2D eigenvalue weighted by molar-refractivity contribution is 9.10. The summed E-state index contributed by atoms with van der Waals surface area (Å²) in [5, 5.41) is 3.28. The Hall–Kier alpha value is -2.10. The van der Waals surface area contributed by atoms with E-state index in [4.69, 9.17) is 11.6 Å². The topological polar surface area (TPSA) is 86.8 Å². The predicted molar refractivity (Wildman–Crippen MR) is 136 cm³/mol. The largest absolute Gasteiger partial charge is 0.352 e. The van der Waals surface area contributed by atoms with Crippen LogP contribution >= 0.6 is 27.5 Å². The van der Waals surface area contributed by atoms with Crippen molar-refractivity contribution in [3.8, 4) is 0 Å². The van der Waals surface area contributed by atoms with E-state index >= 15 is 0 Å². The molecule has 0 heterocycles. The Kier molecular flexibility index (Phi) is 9.34. The number of sulfonamides is 1. The Labute approximate surface area is 209 Å². The van der Waals surface area contributed by atoms with E-state index in [-0.39, 0.29) is 18.5 Å². The van der Waals surface area contributed by atoms with E-state index in [1.807, 2.05) is 38.1 Å². The van der Waals surface area contributed by atoms with Crippen molar-refractivity contribution in [1.82, 2.24) is 10.2 Å². The number of nitrogens with one attached hydrogen (secondary N) is 1. The first-order valence-corrected chi connectivity index (χ1v) is 13.4. The van der Waals surface area contributed by atoms with Crippen LogP contribution in [0.3, 0.4) is 0 Å². The van der Waals surface area contributed by atoms with Gasteiger partial charge in [-0.25, -0.2) is 8.42 Å². The molecule has 0 aliphatic rings. The zero-order valence-corrected chi connectivity index (χ0v) is 22.5. The van der Waals surface area contributed by atoms with Crippen molar-refractivity contribution in [3.05, 3.63) is 63.1 Å². The van der Waals surface area contributed by atoms with Gasteiger partial charge >= 0.3 is 0 Å². The van der Waals surface area contributed by atoms with Crippen molar-refractivity contribution in [2.45, 2.75) is 46.3 Å². The maximum atomic E-state index is 13.5. The molecule has 1 N–H and O–H groups in total. The number of hydrogen-bond acceptors (Lipinski definition) is 4. The van der Waals surface area contributed by atoms with E-state index < -0.39 is 28.5 Å². The summed E-state index contributed by atoms with van der Waals surface area (Å²) in [7, 11) is -3.79. The molecule has 2 aromatic rings. The van der Waals surface area contributed by atoms with Gasteiger partial charge in [0, 0.05) is 22.1 Å². The van der Waals surface area contributed by atoms with E-state index in [2.05, 4.69) is 21.2 Å². The fourth-order valence-corrected chi connectivity index (χ4v) is 4.89. The van der Waals surface area contributed by atoms with E-state index in [0.29, 0.717) is 16.3 Å². The molecule has 7 nitrogen and oxygen atoms in total. The highest BCUT2D eigenvalue weighted by atomic mass is 79.9. The minimum Gasteiger partial charge on any atom is -0.352 e. The monoisotopic (exact) mass is 557 g/mol. The number of carbonyl (C=O) groups is 2. The number of nitrogens with zero attached hydrogens (tertiary/aromatic N) is 2. The van der Waals surface area contributed by atoms with Crippen molar-refractivity contribution in [1.29, 1.82) is 0 Å². The van der Waals surface area contributed by atoms with Crippen LogP contribution in [0.2, 0.25) is 5.02 Å². The standard InChI is InChI=1S/C23H29BrClN3O4S/c1-15(2)26-23(30)17(4)27(13-18-7-6-8-19(24)12-18)22(29)14-28(33(5,31)32)21-10-9-20(25)11-16(21)3/h6-12,15,17H,13-14H2,1-5H3,(H,26,30)/t17-/m1/s1. The zero-order chi connectivity index (χ0) is 24.9. The number of halogens is 2. The van der Waals surface area contributed by atoms with Gasteiger partial charge in [0.1, 0.15) is 12.6 Å². The third-order valence-corrected chi connectivity index (χ3v) is 6.80. The zero-order valence-electron chi connectivity index (χ0n) is 19.3. The van der Waals surface area contributed by atoms with Crippen LogP contribution in [-0.2, 0) is 26.2 Å². The molecule has 1 atom stereocenters. The lowest BCUT2D eigenvalue weighted by Crippen LogP contribution is -2.52. The molecule has 180 valence electrons. The van der Waals surface area contributed by atoms with Gasteiger partial charge in [0.15, 0.2) is 0 Å². The minimum atomic E-state index is -3.79. The molecular formula is C23H29BrClN3O4S. The van der Waals surface area contributed by atoms with Crippen LogP contribution in [0.5, 0.6) is 0 Å². The number of benzene rings is 2. The molecule has 0 aromatic heterocycles. The summed E-state index contributed by atoms with van der Waals surface area (Å²) in [6.07, 6.45) is 1.04. The number of amides is 2. The summed E-state index contributed by atoms with van der Waals surface area (Å²) in [4.78, 5) is 27.6. The normalized spacial score (nSPS) is 12.4. The van der Waals surface area contributed by atoms with Crippen LogP contribution in [0.15, 0.2) is 46.9 Å². The van der Waals surface area contributed by atoms with Gasteiger partial charge in [-0.1, -0.05) is 39.7 Å². The second-order valence-corrected chi connectivity index (χ2v) is 11.5. The lowest BCUT2D eigenvalue weighted by Gasteiger charge is -2.32. The van der Waals surface area contributed by atoms with E-state index in [0.717, 1.165) is 20.6 Å². The summed E-state index contributed by atoms with van der Waals surface area (Å²) in [5.74, 6) is -0.817. The number of aryl methyl sites for hydroxylation is 1. The molecule has 0 radical (unpaired) electrons. The van der Waals surface area contributed by atoms with Crippen LogP contribution < -0.4 is 9.62 Å². The third kappa shape index (κ3) is 7.72. The highest BCUT2D eigenvalue weighted by Crippen LogP contribution is 2.26. The molecule has 2 aromatic carbocycles. The van der Waals surface area contributed by atoms with Gasteiger partial charge in [-0.15, -0.1) is 0 Å². The first-order chi connectivity index (χ1) is 15.3. The van der Waals surface area contributed by atoms with E-state index in [1.54, 1.807) is 32.0 Å². The molecule has 0 spiro atoms. The summed E-state index contributed by atoms with van der Waals surface area (Å²) >= 11 is 9.44. The molecule has 0 bridgehead atoms. The Morgan fingerprint density at radius 3 is 2.33 bits per heavy atom. The summed E-state index contributed by atoms with van der Waals surface area (Å²) in [5.41, 5.74) is 1.78. The molecule has 0 unspecified atom stereocenters. The SMILES string of the molecule is Cc1cc(Cl)ccc1N(CC(=O)N(Cc1cccc(Br)c1)[C@H](C)C(=O)NC(C)C)S(C)(=O)=O. The summed E-state index contributed by atoms with van der Waals surface area (Å²) in [6.45, 7) is 6.71.